The summed E-state index contributed by atoms with van der Waals surface area (Å²) in [7, 11) is 0. The molecule has 3 aromatic rings. The first-order chi connectivity index (χ1) is 17.2. The molecule has 0 atom stereocenters. The Bertz CT molecular complexity index is 1130. The molecule has 0 bridgehead atoms. The van der Waals surface area contributed by atoms with Gasteiger partial charge in [-0.05, 0) is 67.6 Å². The van der Waals surface area contributed by atoms with Gasteiger partial charge in [0.2, 0.25) is 0 Å². The van der Waals surface area contributed by atoms with E-state index in [1.54, 1.807) is 24.3 Å². The summed E-state index contributed by atoms with van der Waals surface area (Å²) in [6.07, 6.45) is 0.00904. The summed E-state index contributed by atoms with van der Waals surface area (Å²) in [5.74, 6) is -0.637. The highest BCUT2D eigenvalue weighted by atomic mass is 19.4. The largest absolute Gasteiger partial charge is 0.494 e. The number of benzene rings is 2. The molecule has 9 heteroatoms. The second-order valence-electron chi connectivity index (χ2n) is 8.21. The number of aryl methyl sites for hydroxylation is 1. The summed E-state index contributed by atoms with van der Waals surface area (Å²) in [5, 5.41) is 11.2. The van der Waals surface area contributed by atoms with Crippen molar-refractivity contribution in [1.29, 1.82) is 0 Å². The van der Waals surface area contributed by atoms with Crippen molar-refractivity contribution in [1.82, 2.24) is 10.3 Å². The number of hydrogen-bond donors (Lipinski definition) is 2. The zero-order valence-corrected chi connectivity index (χ0v) is 19.6. The van der Waals surface area contributed by atoms with Gasteiger partial charge in [0.25, 0.3) is 5.91 Å². The molecule has 1 amide bonds. The van der Waals surface area contributed by atoms with Crippen LogP contribution >= 0.6 is 0 Å². The highest BCUT2D eigenvalue weighted by Gasteiger charge is 2.30. The van der Waals surface area contributed by atoms with Crippen molar-refractivity contribution in [3.05, 3.63) is 83.6 Å². The molecule has 2 N–H and O–H groups in total. The second-order valence-corrected chi connectivity index (χ2v) is 8.21. The Kier molecular flexibility index (Phi) is 9.44. The molecule has 0 aliphatic rings. The van der Waals surface area contributed by atoms with E-state index in [1.165, 1.54) is 6.07 Å². The first-order valence-corrected chi connectivity index (χ1v) is 11.6. The molecular formula is C27H27F3N2O4. The van der Waals surface area contributed by atoms with Crippen LogP contribution in [-0.2, 0) is 17.4 Å². The van der Waals surface area contributed by atoms with Crippen molar-refractivity contribution in [2.45, 2.75) is 38.3 Å². The normalized spacial score (nSPS) is 11.2. The quantitative estimate of drug-likeness (QED) is 0.309. The Labute approximate surface area is 207 Å². The van der Waals surface area contributed by atoms with Gasteiger partial charge >= 0.3 is 12.1 Å². The van der Waals surface area contributed by atoms with Gasteiger partial charge in [-0.1, -0.05) is 24.3 Å². The predicted molar refractivity (Wildman–Crippen MR) is 129 cm³/mol. The SMILES string of the molecule is O=C(O)CCNC(=O)c1ccc(OCCCCCc2ccc(-c3ccc(C(F)(F)F)cn3)cc2)cc1. The first kappa shape index (κ1) is 26.7. The van der Waals surface area contributed by atoms with Gasteiger partial charge in [0.15, 0.2) is 0 Å². The van der Waals surface area contributed by atoms with Crippen LogP contribution in [0.25, 0.3) is 11.3 Å². The van der Waals surface area contributed by atoms with Crippen LogP contribution in [0.5, 0.6) is 5.75 Å². The number of unbranched alkanes of at least 4 members (excludes halogenated alkanes) is 2. The van der Waals surface area contributed by atoms with Crippen LogP contribution in [0.1, 0.15) is 47.2 Å². The lowest BCUT2D eigenvalue weighted by Gasteiger charge is -2.08. The monoisotopic (exact) mass is 500 g/mol. The van der Waals surface area contributed by atoms with E-state index in [2.05, 4.69) is 10.3 Å². The molecular weight excluding hydrogens is 473 g/mol. The van der Waals surface area contributed by atoms with E-state index in [1.807, 2.05) is 24.3 Å². The summed E-state index contributed by atoms with van der Waals surface area (Å²) in [4.78, 5) is 26.4. The zero-order chi connectivity index (χ0) is 26.0. The predicted octanol–water partition coefficient (Wildman–Crippen LogP) is 5.76. The van der Waals surface area contributed by atoms with Gasteiger partial charge in [-0.25, -0.2) is 0 Å². The zero-order valence-electron chi connectivity index (χ0n) is 19.6. The van der Waals surface area contributed by atoms with Crippen LogP contribution in [0.2, 0.25) is 0 Å². The lowest BCUT2D eigenvalue weighted by Crippen LogP contribution is -2.25. The minimum absolute atomic E-state index is 0.0763. The van der Waals surface area contributed by atoms with E-state index >= 15 is 0 Å². The molecule has 0 saturated heterocycles. The van der Waals surface area contributed by atoms with E-state index in [0.717, 1.165) is 49.1 Å². The topological polar surface area (TPSA) is 88.5 Å². The van der Waals surface area contributed by atoms with Crippen LogP contribution in [0.4, 0.5) is 13.2 Å². The van der Waals surface area contributed by atoms with Crippen molar-refractivity contribution in [3.8, 4) is 17.0 Å². The molecule has 0 aliphatic carbocycles. The van der Waals surface area contributed by atoms with Crippen molar-refractivity contribution in [2.75, 3.05) is 13.2 Å². The second kappa shape index (κ2) is 12.7. The maximum Gasteiger partial charge on any atom is 0.417 e. The number of nitrogens with zero attached hydrogens (tertiary/aromatic N) is 1. The molecule has 0 radical (unpaired) electrons. The Balaban J connectivity index is 1.34. The number of amides is 1. The molecule has 36 heavy (non-hydrogen) atoms. The number of nitrogens with one attached hydrogen (secondary N) is 1. The first-order valence-electron chi connectivity index (χ1n) is 11.6. The van der Waals surface area contributed by atoms with Gasteiger partial charge in [-0.15, -0.1) is 0 Å². The highest BCUT2D eigenvalue weighted by Crippen LogP contribution is 2.29. The fraction of sp³-hybridized carbons (Fsp3) is 0.296. The lowest BCUT2D eigenvalue weighted by molar-refractivity contribution is -0.138. The third-order valence-electron chi connectivity index (χ3n) is 5.46. The summed E-state index contributed by atoms with van der Waals surface area (Å²) in [5.41, 5.74) is 2.08. The number of ether oxygens (including phenoxy) is 1. The number of carboxylic acids is 1. The Morgan fingerprint density at radius 1 is 0.917 bits per heavy atom. The number of halogens is 3. The maximum absolute atomic E-state index is 12.7. The van der Waals surface area contributed by atoms with E-state index < -0.39 is 17.7 Å². The minimum atomic E-state index is -4.39. The van der Waals surface area contributed by atoms with E-state index in [9.17, 15) is 22.8 Å². The smallest absolute Gasteiger partial charge is 0.417 e. The van der Waals surface area contributed by atoms with E-state index in [4.69, 9.17) is 9.84 Å². The molecule has 1 aromatic heterocycles. The van der Waals surface area contributed by atoms with Crippen molar-refractivity contribution in [3.63, 3.8) is 0 Å². The van der Waals surface area contributed by atoms with E-state index in [0.29, 0.717) is 23.6 Å². The summed E-state index contributed by atoms with van der Waals surface area (Å²) in [6.45, 7) is 0.621. The number of aliphatic carboxylic acids is 1. The lowest BCUT2D eigenvalue weighted by atomic mass is 10.0. The average molecular weight is 501 g/mol. The summed E-state index contributed by atoms with van der Waals surface area (Å²) < 4.78 is 43.7. The van der Waals surface area contributed by atoms with Gasteiger partial charge in [-0.3, -0.25) is 14.6 Å². The molecule has 0 aliphatic heterocycles. The van der Waals surface area contributed by atoms with Gasteiger partial charge in [-0.2, -0.15) is 13.2 Å². The van der Waals surface area contributed by atoms with Crippen LogP contribution < -0.4 is 10.1 Å². The van der Waals surface area contributed by atoms with Crippen molar-refractivity contribution >= 4 is 11.9 Å². The number of carboxylic acid groups (broad SMARTS) is 1. The number of rotatable bonds is 12. The molecule has 0 spiro atoms. The van der Waals surface area contributed by atoms with Crippen LogP contribution in [0.3, 0.4) is 0 Å². The van der Waals surface area contributed by atoms with Gasteiger partial charge in [0.1, 0.15) is 5.75 Å². The van der Waals surface area contributed by atoms with Gasteiger partial charge < -0.3 is 15.2 Å². The fourth-order valence-corrected chi connectivity index (χ4v) is 3.46. The number of hydrogen-bond acceptors (Lipinski definition) is 4. The number of aromatic nitrogens is 1. The summed E-state index contributed by atoms with van der Waals surface area (Å²) in [6, 6.07) is 16.8. The number of alkyl halides is 3. The van der Waals surface area contributed by atoms with Crippen LogP contribution in [0, 0.1) is 0 Å². The molecule has 3 rings (SSSR count). The van der Waals surface area contributed by atoms with Crippen molar-refractivity contribution < 1.29 is 32.6 Å². The molecule has 0 saturated carbocycles. The molecule has 0 fully saturated rings. The number of carbonyl (C=O) groups excluding carboxylic acids is 1. The van der Waals surface area contributed by atoms with Crippen molar-refractivity contribution in [2.24, 2.45) is 0 Å². The number of carbonyl (C=O) groups is 2. The standard InChI is InChI=1S/C27H27F3N2O4/c28-27(29,30)22-11-14-24(32-18-22)20-7-5-19(6-8-20)4-2-1-3-17-36-23-12-9-21(10-13-23)26(35)31-16-15-25(33)34/h5-14,18H,1-4,15-17H2,(H,31,35)(H,33,34). The third kappa shape index (κ3) is 8.41. The Hall–Kier alpha value is -3.88. The molecule has 1 heterocycles. The van der Waals surface area contributed by atoms with Gasteiger partial charge in [0.05, 0.1) is 24.3 Å². The summed E-state index contributed by atoms with van der Waals surface area (Å²) >= 11 is 0. The fourth-order valence-electron chi connectivity index (χ4n) is 3.46. The Morgan fingerprint density at radius 3 is 2.25 bits per heavy atom. The van der Waals surface area contributed by atoms with Crippen LogP contribution in [-0.4, -0.2) is 35.1 Å². The van der Waals surface area contributed by atoms with Gasteiger partial charge in [0, 0.05) is 23.9 Å². The maximum atomic E-state index is 12.7. The van der Waals surface area contributed by atoms with E-state index in [-0.39, 0.29) is 18.9 Å². The Morgan fingerprint density at radius 2 is 1.64 bits per heavy atom. The molecule has 0 unspecified atom stereocenters. The third-order valence-corrected chi connectivity index (χ3v) is 5.46. The van der Waals surface area contributed by atoms with Crippen LogP contribution in [0.15, 0.2) is 66.9 Å². The minimum Gasteiger partial charge on any atom is -0.494 e. The number of pyridine rings is 1. The molecule has 190 valence electrons. The average Bonchev–Trinajstić information content (AvgIpc) is 2.86. The molecule has 6 nitrogen and oxygen atoms in total. The molecule has 2 aromatic carbocycles. The highest BCUT2D eigenvalue weighted by molar-refractivity contribution is 5.94.